The van der Waals surface area contributed by atoms with Crippen LogP contribution in [0.25, 0.3) is 10.9 Å². The van der Waals surface area contributed by atoms with E-state index in [9.17, 15) is 9.90 Å². The smallest absolute Gasteiger partial charge is 0.339 e. The molecular formula is C22H23N3O2. The molecule has 2 N–H and O–H groups in total. The fourth-order valence-corrected chi connectivity index (χ4v) is 3.91. The van der Waals surface area contributed by atoms with Gasteiger partial charge in [-0.15, -0.1) is 0 Å². The van der Waals surface area contributed by atoms with E-state index in [1.165, 1.54) is 24.8 Å². The molecule has 0 amide bonds. The number of pyridine rings is 1. The molecule has 138 valence electrons. The number of carbonyl (C=O) groups is 1. The third-order valence-electron chi connectivity index (χ3n) is 5.90. The third-order valence-corrected chi connectivity index (χ3v) is 5.90. The van der Waals surface area contributed by atoms with Crippen LogP contribution in [0.15, 0.2) is 42.7 Å². The highest BCUT2D eigenvalue weighted by atomic mass is 16.4. The van der Waals surface area contributed by atoms with E-state index in [2.05, 4.69) is 39.3 Å². The maximum Gasteiger partial charge on any atom is 0.339 e. The van der Waals surface area contributed by atoms with Gasteiger partial charge in [-0.3, -0.25) is 0 Å². The molecule has 0 saturated heterocycles. The molecule has 2 aliphatic rings. The largest absolute Gasteiger partial charge is 0.478 e. The van der Waals surface area contributed by atoms with Crippen molar-refractivity contribution in [3.05, 3.63) is 53.9 Å². The minimum atomic E-state index is -0.944. The molecule has 1 aromatic carbocycles. The maximum atomic E-state index is 11.7. The van der Waals surface area contributed by atoms with Gasteiger partial charge in [-0.05, 0) is 73.4 Å². The molecule has 2 fully saturated rings. The molecule has 0 radical (unpaired) electrons. The molecule has 3 aromatic rings. The van der Waals surface area contributed by atoms with E-state index in [1.54, 1.807) is 12.3 Å². The van der Waals surface area contributed by atoms with E-state index in [0.29, 0.717) is 11.7 Å². The normalized spacial score (nSPS) is 17.0. The summed E-state index contributed by atoms with van der Waals surface area (Å²) >= 11 is 0. The molecule has 0 aliphatic heterocycles. The number of nitrogens with one attached hydrogen (secondary N) is 1. The quantitative estimate of drug-likeness (QED) is 0.637. The zero-order valence-electron chi connectivity index (χ0n) is 15.2. The number of aromatic nitrogens is 2. The first-order chi connectivity index (χ1) is 13.2. The van der Waals surface area contributed by atoms with Gasteiger partial charge in [0, 0.05) is 35.5 Å². The number of benzene rings is 1. The first-order valence-corrected chi connectivity index (χ1v) is 9.76. The van der Waals surface area contributed by atoms with Crippen LogP contribution in [0.3, 0.4) is 0 Å². The fraction of sp³-hybridized carbons (Fsp3) is 0.364. The highest BCUT2D eigenvalue weighted by Gasteiger charge is 2.26. The van der Waals surface area contributed by atoms with Crippen molar-refractivity contribution in [3.63, 3.8) is 0 Å². The van der Waals surface area contributed by atoms with Gasteiger partial charge in [-0.1, -0.05) is 6.42 Å². The molecular weight excluding hydrogens is 338 g/mol. The first kappa shape index (κ1) is 16.4. The molecule has 2 heterocycles. The van der Waals surface area contributed by atoms with Crippen LogP contribution in [0.5, 0.6) is 0 Å². The molecule has 5 rings (SSSR count). The van der Waals surface area contributed by atoms with Crippen LogP contribution >= 0.6 is 0 Å². The van der Waals surface area contributed by atoms with Crippen molar-refractivity contribution in [1.82, 2.24) is 9.55 Å². The Bertz CT molecular complexity index is 1020. The molecule has 5 nitrogen and oxygen atoms in total. The average molecular weight is 361 g/mol. The predicted octanol–water partition coefficient (Wildman–Crippen LogP) is 5.16. The number of carboxylic acids is 1. The fourth-order valence-electron chi connectivity index (χ4n) is 3.91. The summed E-state index contributed by atoms with van der Waals surface area (Å²) in [6, 6.07) is 10.1. The second-order valence-corrected chi connectivity index (χ2v) is 7.91. The van der Waals surface area contributed by atoms with Gasteiger partial charge >= 0.3 is 5.97 Å². The average Bonchev–Trinajstić information content (AvgIpc) is 3.40. The van der Waals surface area contributed by atoms with Crippen LogP contribution in [0, 0.1) is 5.92 Å². The lowest BCUT2D eigenvalue weighted by atomic mass is 9.85. The molecule has 0 atom stereocenters. The summed E-state index contributed by atoms with van der Waals surface area (Å²) in [5.74, 6) is 0.752. The first-order valence-electron chi connectivity index (χ1n) is 9.76. The molecule has 2 aromatic heterocycles. The van der Waals surface area contributed by atoms with Crippen LogP contribution < -0.4 is 5.32 Å². The lowest BCUT2D eigenvalue weighted by Crippen LogP contribution is -2.17. The lowest BCUT2D eigenvalue weighted by molar-refractivity contribution is 0.0697. The highest BCUT2D eigenvalue weighted by molar-refractivity contribution is 5.94. The van der Waals surface area contributed by atoms with E-state index >= 15 is 0 Å². The zero-order chi connectivity index (χ0) is 18.4. The van der Waals surface area contributed by atoms with Gasteiger partial charge in [0.15, 0.2) is 0 Å². The Morgan fingerprint density at radius 2 is 2.04 bits per heavy atom. The number of anilines is 2. The molecule has 0 unspecified atom stereocenters. The van der Waals surface area contributed by atoms with E-state index < -0.39 is 5.97 Å². The van der Waals surface area contributed by atoms with E-state index in [1.807, 2.05) is 6.07 Å². The Morgan fingerprint density at radius 3 is 2.74 bits per heavy atom. The monoisotopic (exact) mass is 361 g/mol. The van der Waals surface area contributed by atoms with Crippen molar-refractivity contribution in [1.29, 1.82) is 0 Å². The Morgan fingerprint density at radius 1 is 1.19 bits per heavy atom. The van der Waals surface area contributed by atoms with Crippen molar-refractivity contribution in [2.75, 3.05) is 5.32 Å². The zero-order valence-corrected chi connectivity index (χ0v) is 15.2. The number of aromatic carboxylic acids is 1. The Labute approximate surface area is 158 Å². The number of rotatable bonds is 6. The Kier molecular flexibility index (Phi) is 3.88. The van der Waals surface area contributed by atoms with Crippen molar-refractivity contribution >= 4 is 28.4 Å². The molecule has 0 spiro atoms. The summed E-state index contributed by atoms with van der Waals surface area (Å²) in [7, 11) is 0. The van der Waals surface area contributed by atoms with Gasteiger partial charge in [-0.25, -0.2) is 9.78 Å². The number of nitrogens with zero attached hydrogens (tertiary/aromatic N) is 2. The topological polar surface area (TPSA) is 67.2 Å². The minimum Gasteiger partial charge on any atom is -0.478 e. The summed E-state index contributed by atoms with van der Waals surface area (Å²) in [6.07, 6.45) is 10.2. The number of carboxylic acid groups (broad SMARTS) is 1. The van der Waals surface area contributed by atoms with E-state index in [4.69, 9.17) is 0 Å². The van der Waals surface area contributed by atoms with Crippen molar-refractivity contribution < 1.29 is 9.90 Å². The maximum absolute atomic E-state index is 11.7. The van der Waals surface area contributed by atoms with Crippen molar-refractivity contribution in [3.8, 4) is 0 Å². The van der Waals surface area contributed by atoms with Gasteiger partial charge in [-0.2, -0.15) is 0 Å². The van der Waals surface area contributed by atoms with E-state index in [0.717, 1.165) is 41.9 Å². The number of fused-ring (bicyclic) bond motifs is 1. The summed E-state index contributed by atoms with van der Waals surface area (Å²) in [6.45, 7) is 1.09. The van der Waals surface area contributed by atoms with E-state index in [-0.39, 0.29) is 5.56 Å². The molecule has 2 aliphatic carbocycles. The van der Waals surface area contributed by atoms with Crippen molar-refractivity contribution in [2.45, 2.75) is 44.6 Å². The van der Waals surface area contributed by atoms with Gasteiger partial charge < -0.3 is 15.0 Å². The van der Waals surface area contributed by atoms with Gasteiger partial charge in [0.05, 0.1) is 0 Å². The molecule has 0 bridgehead atoms. The minimum absolute atomic E-state index is 0.238. The lowest BCUT2D eigenvalue weighted by Gasteiger charge is -2.26. The number of hydrogen-bond acceptors (Lipinski definition) is 3. The highest BCUT2D eigenvalue weighted by Crippen LogP contribution is 2.40. The number of hydrogen-bond donors (Lipinski definition) is 2. The molecule has 2 saturated carbocycles. The van der Waals surface area contributed by atoms with Gasteiger partial charge in [0.25, 0.3) is 0 Å². The van der Waals surface area contributed by atoms with Gasteiger partial charge in [0.2, 0.25) is 0 Å². The molecule has 27 heavy (non-hydrogen) atoms. The summed E-state index contributed by atoms with van der Waals surface area (Å²) in [5, 5.41) is 13.9. The van der Waals surface area contributed by atoms with Crippen LogP contribution in [0.2, 0.25) is 0 Å². The molecule has 5 heteroatoms. The third kappa shape index (κ3) is 3.18. The second-order valence-electron chi connectivity index (χ2n) is 7.91. The summed E-state index contributed by atoms with van der Waals surface area (Å²) in [5.41, 5.74) is 3.35. The summed E-state index contributed by atoms with van der Waals surface area (Å²) < 4.78 is 2.33. The van der Waals surface area contributed by atoms with Crippen LogP contribution in [-0.4, -0.2) is 20.6 Å². The van der Waals surface area contributed by atoms with Gasteiger partial charge in [0.1, 0.15) is 11.4 Å². The summed E-state index contributed by atoms with van der Waals surface area (Å²) in [4.78, 5) is 16.1. The van der Waals surface area contributed by atoms with Crippen LogP contribution in [0.1, 0.15) is 53.9 Å². The predicted molar refractivity (Wildman–Crippen MR) is 106 cm³/mol. The second kappa shape index (κ2) is 6.41. The van der Waals surface area contributed by atoms with Crippen LogP contribution in [-0.2, 0) is 6.54 Å². The SMILES string of the molecule is O=C(O)c1cc(C2CC2)cnc1Nc1ccc2c(ccn2CC2CCC2)c1. The standard InChI is InChI=1S/C22H23N3O2/c26-22(27)19-11-17(15-4-5-15)12-23-21(19)24-18-6-7-20-16(10-18)8-9-25(20)13-14-2-1-3-14/h6-12,14-15H,1-5,13H2,(H,23,24)(H,26,27). The van der Waals surface area contributed by atoms with Crippen LogP contribution in [0.4, 0.5) is 11.5 Å². The Hall–Kier alpha value is -2.82. The Balaban J connectivity index is 1.41. The van der Waals surface area contributed by atoms with Crippen molar-refractivity contribution in [2.24, 2.45) is 5.92 Å².